The highest BCUT2D eigenvalue weighted by atomic mass is 127. The third-order valence-electron chi connectivity index (χ3n) is 1.14. The predicted octanol–water partition coefficient (Wildman–Crippen LogP) is 2.82. The maximum absolute atomic E-state index is 11.1. The van der Waals surface area contributed by atoms with Crippen LogP contribution in [0.3, 0.4) is 0 Å². The zero-order chi connectivity index (χ0) is 8.15. The van der Waals surface area contributed by atoms with E-state index in [2.05, 4.69) is 43.4 Å². The van der Waals surface area contributed by atoms with Gasteiger partial charge < -0.3 is 0 Å². The van der Waals surface area contributed by atoms with Crippen LogP contribution in [0.25, 0.3) is 0 Å². The lowest BCUT2D eigenvalue weighted by Gasteiger charge is -2.04. The normalized spacial score (nSPS) is 13.7. The van der Waals surface area contributed by atoms with E-state index in [1.807, 2.05) is 0 Å². The lowest BCUT2D eigenvalue weighted by Crippen LogP contribution is -2.06. The molecule has 0 heterocycles. The van der Waals surface area contributed by atoms with E-state index in [0.717, 1.165) is 12.8 Å². The maximum atomic E-state index is 11.1. The second-order valence-electron chi connectivity index (χ2n) is 3.12. The van der Waals surface area contributed by atoms with Crippen LogP contribution in [-0.4, -0.2) is 9.71 Å². The molecule has 10 heavy (non-hydrogen) atoms. The smallest absolute Gasteiger partial charge is 0.134 e. The molecular weight excluding hydrogens is 239 g/mol. The molecule has 1 unspecified atom stereocenters. The molecule has 0 N–H and O–H groups in total. The number of carbonyl (C=O) groups is 1. The number of halogens is 1. The van der Waals surface area contributed by atoms with Crippen molar-refractivity contribution < 1.29 is 4.79 Å². The molecule has 0 aromatic heterocycles. The fourth-order valence-corrected chi connectivity index (χ4v) is 1.34. The van der Waals surface area contributed by atoms with E-state index in [1.165, 1.54) is 0 Å². The van der Waals surface area contributed by atoms with E-state index in [1.54, 1.807) is 0 Å². The summed E-state index contributed by atoms with van der Waals surface area (Å²) < 4.78 is 0.490. The van der Waals surface area contributed by atoms with Crippen molar-refractivity contribution in [3.8, 4) is 0 Å². The van der Waals surface area contributed by atoms with E-state index in [9.17, 15) is 4.79 Å². The van der Waals surface area contributed by atoms with Crippen LogP contribution in [0, 0.1) is 5.92 Å². The van der Waals surface area contributed by atoms with Crippen molar-refractivity contribution in [3.63, 3.8) is 0 Å². The summed E-state index contributed by atoms with van der Waals surface area (Å²) in [6, 6.07) is 0. The van der Waals surface area contributed by atoms with Gasteiger partial charge in [-0.3, -0.25) is 4.79 Å². The van der Waals surface area contributed by atoms with Gasteiger partial charge in [0.1, 0.15) is 5.78 Å². The monoisotopic (exact) mass is 254 g/mol. The summed E-state index contributed by atoms with van der Waals surface area (Å²) >= 11 is 2.28. The SMILES string of the molecule is CC(C)CC(=O)CC(C)I. The Balaban J connectivity index is 3.44. The molecule has 1 atom stereocenters. The minimum Gasteiger partial charge on any atom is -0.300 e. The molecule has 0 amide bonds. The van der Waals surface area contributed by atoms with Crippen molar-refractivity contribution in [1.82, 2.24) is 0 Å². The van der Waals surface area contributed by atoms with Crippen LogP contribution in [0.5, 0.6) is 0 Å². The Bertz CT molecular complexity index is 95.8. The minimum absolute atomic E-state index is 0.400. The van der Waals surface area contributed by atoms with Gasteiger partial charge in [-0.2, -0.15) is 0 Å². The first kappa shape index (κ1) is 10.4. The summed E-state index contributed by atoms with van der Waals surface area (Å²) in [7, 11) is 0. The van der Waals surface area contributed by atoms with Gasteiger partial charge in [0.05, 0.1) is 0 Å². The maximum Gasteiger partial charge on any atom is 0.134 e. The van der Waals surface area contributed by atoms with Crippen molar-refractivity contribution in [3.05, 3.63) is 0 Å². The summed E-state index contributed by atoms with van der Waals surface area (Å²) in [5.74, 6) is 0.916. The first-order valence-electron chi connectivity index (χ1n) is 3.68. The van der Waals surface area contributed by atoms with Crippen molar-refractivity contribution in [2.45, 2.75) is 37.5 Å². The van der Waals surface area contributed by atoms with Crippen molar-refractivity contribution in [1.29, 1.82) is 0 Å². The van der Waals surface area contributed by atoms with Crippen LogP contribution in [0.4, 0.5) is 0 Å². The van der Waals surface area contributed by atoms with Gasteiger partial charge in [-0.05, 0) is 5.92 Å². The van der Waals surface area contributed by atoms with Crippen LogP contribution >= 0.6 is 22.6 Å². The molecule has 0 rings (SSSR count). The Kier molecular flexibility index (Phi) is 5.31. The molecule has 0 aliphatic carbocycles. The van der Waals surface area contributed by atoms with E-state index in [-0.39, 0.29) is 0 Å². The number of carbonyl (C=O) groups excluding carboxylic acids is 1. The van der Waals surface area contributed by atoms with Gasteiger partial charge in [-0.25, -0.2) is 0 Å². The highest BCUT2D eigenvalue weighted by Crippen LogP contribution is 2.09. The van der Waals surface area contributed by atoms with Crippen LogP contribution in [0.2, 0.25) is 0 Å². The zero-order valence-corrected chi connectivity index (χ0v) is 9.01. The molecule has 0 saturated carbocycles. The van der Waals surface area contributed by atoms with Crippen molar-refractivity contribution in [2.75, 3.05) is 0 Å². The Morgan fingerprint density at radius 2 is 1.80 bits per heavy atom. The van der Waals surface area contributed by atoms with Crippen LogP contribution in [-0.2, 0) is 4.79 Å². The number of alkyl halides is 1. The van der Waals surface area contributed by atoms with Crippen molar-refractivity contribution >= 4 is 28.4 Å². The molecule has 0 spiro atoms. The number of rotatable bonds is 4. The second-order valence-corrected chi connectivity index (χ2v) is 5.25. The number of Topliss-reactive ketones (excluding diaryl/α,β-unsaturated/α-hetero) is 1. The molecule has 0 aliphatic heterocycles. The topological polar surface area (TPSA) is 17.1 Å². The summed E-state index contributed by atoms with van der Waals surface area (Å²) in [5, 5.41) is 0. The quantitative estimate of drug-likeness (QED) is 0.557. The standard InChI is InChI=1S/C8H15IO/c1-6(2)4-8(10)5-7(3)9/h6-7H,4-5H2,1-3H3. The largest absolute Gasteiger partial charge is 0.300 e. The van der Waals surface area contributed by atoms with Crippen molar-refractivity contribution in [2.24, 2.45) is 5.92 Å². The fraction of sp³-hybridized carbons (Fsp3) is 0.875. The van der Waals surface area contributed by atoms with E-state index < -0.39 is 0 Å². The molecule has 2 heteroatoms. The number of hydrogen-bond donors (Lipinski definition) is 0. The molecule has 0 aromatic rings. The summed E-state index contributed by atoms with van der Waals surface area (Å²) in [4.78, 5) is 11.1. The van der Waals surface area contributed by atoms with Gasteiger partial charge in [0.25, 0.3) is 0 Å². The first-order chi connectivity index (χ1) is 4.52. The molecule has 1 nitrogen and oxygen atoms in total. The van der Waals surface area contributed by atoms with Crippen LogP contribution in [0.1, 0.15) is 33.6 Å². The third kappa shape index (κ3) is 6.52. The second kappa shape index (κ2) is 5.10. The molecule has 0 radical (unpaired) electrons. The Hall–Kier alpha value is 0.400. The highest BCUT2D eigenvalue weighted by Gasteiger charge is 2.07. The van der Waals surface area contributed by atoms with Gasteiger partial charge in [0.2, 0.25) is 0 Å². The van der Waals surface area contributed by atoms with Crippen LogP contribution in [0.15, 0.2) is 0 Å². The molecule has 0 bridgehead atoms. The van der Waals surface area contributed by atoms with E-state index in [4.69, 9.17) is 0 Å². The van der Waals surface area contributed by atoms with Gasteiger partial charge in [0, 0.05) is 16.8 Å². The summed E-state index contributed by atoms with van der Waals surface area (Å²) in [6.45, 7) is 6.23. The highest BCUT2D eigenvalue weighted by molar-refractivity contribution is 14.1. The Morgan fingerprint density at radius 3 is 2.10 bits per heavy atom. The average molecular weight is 254 g/mol. The predicted molar refractivity (Wildman–Crippen MR) is 52.6 cm³/mol. The average Bonchev–Trinajstić information content (AvgIpc) is 1.58. The van der Waals surface area contributed by atoms with E-state index >= 15 is 0 Å². The lowest BCUT2D eigenvalue weighted by molar-refractivity contribution is -0.119. The molecule has 60 valence electrons. The molecule has 0 saturated heterocycles. The molecule has 0 aliphatic rings. The Morgan fingerprint density at radius 1 is 1.30 bits per heavy atom. The minimum atomic E-state index is 0.400. The van der Waals surface area contributed by atoms with Gasteiger partial charge in [-0.1, -0.05) is 43.4 Å². The van der Waals surface area contributed by atoms with E-state index in [0.29, 0.717) is 15.6 Å². The van der Waals surface area contributed by atoms with Crippen LogP contribution < -0.4 is 0 Å². The first-order valence-corrected chi connectivity index (χ1v) is 4.92. The molecular formula is C8H15IO. The fourth-order valence-electron chi connectivity index (χ4n) is 0.852. The van der Waals surface area contributed by atoms with Gasteiger partial charge in [0.15, 0.2) is 0 Å². The Labute approximate surface area is 76.7 Å². The zero-order valence-electron chi connectivity index (χ0n) is 6.86. The summed E-state index contributed by atoms with van der Waals surface area (Å²) in [5.41, 5.74) is 0. The molecule has 0 fully saturated rings. The number of ketones is 1. The summed E-state index contributed by atoms with van der Waals surface area (Å²) in [6.07, 6.45) is 1.48. The third-order valence-corrected chi connectivity index (χ3v) is 1.59. The van der Waals surface area contributed by atoms with Gasteiger partial charge in [-0.15, -0.1) is 0 Å². The number of hydrogen-bond acceptors (Lipinski definition) is 1. The van der Waals surface area contributed by atoms with Gasteiger partial charge >= 0.3 is 0 Å². The lowest BCUT2D eigenvalue weighted by atomic mass is 10.0. The molecule has 0 aromatic carbocycles.